The van der Waals surface area contributed by atoms with Crippen molar-refractivity contribution in [3.63, 3.8) is 0 Å². The van der Waals surface area contributed by atoms with E-state index >= 15 is 0 Å². The predicted molar refractivity (Wildman–Crippen MR) is 191 cm³/mol. The van der Waals surface area contributed by atoms with E-state index in [0.717, 1.165) is 82.0 Å². The van der Waals surface area contributed by atoms with Crippen LogP contribution in [0.2, 0.25) is 0 Å². The van der Waals surface area contributed by atoms with Gasteiger partial charge in [0.15, 0.2) is 0 Å². The minimum Gasteiger partial charge on any atom is -0.371 e. The van der Waals surface area contributed by atoms with Gasteiger partial charge in [-0.25, -0.2) is 9.97 Å². The van der Waals surface area contributed by atoms with Gasteiger partial charge in [-0.1, -0.05) is 33.8 Å². The van der Waals surface area contributed by atoms with Crippen molar-refractivity contribution < 1.29 is 9.59 Å². The third-order valence-electron chi connectivity index (χ3n) is 11.8. The van der Waals surface area contributed by atoms with Crippen LogP contribution in [0.1, 0.15) is 150 Å². The summed E-state index contributed by atoms with van der Waals surface area (Å²) in [6.07, 6.45) is 13.8. The maximum absolute atomic E-state index is 13.0. The van der Waals surface area contributed by atoms with Gasteiger partial charge >= 0.3 is 0 Å². The molecule has 4 fully saturated rings. The van der Waals surface area contributed by atoms with Crippen molar-refractivity contribution in [3.8, 4) is 11.3 Å². The quantitative estimate of drug-likeness (QED) is 0.225. The number of amides is 2. The number of carbonyl (C=O) groups excluding carboxylic acids is 2. The number of anilines is 1. The van der Waals surface area contributed by atoms with Crippen LogP contribution in [0.4, 0.5) is 5.69 Å². The van der Waals surface area contributed by atoms with Gasteiger partial charge in [-0.3, -0.25) is 9.59 Å². The normalized spacial score (nSPS) is 25.4. The van der Waals surface area contributed by atoms with Crippen molar-refractivity contribution in [1.82, 2.24) is 35.1 Å². The number of likely N-dealkylation sites (tertiary alicyclic amines) is 2. The summed E-state index contributed by atoms with van der Waals surface area (Å²) in [5, 5.41) is 3.92. The molecule has 0 radical (unpaired) electrons. The Kier molecular flexibility index (Phi) is 8.79. The largest absolute Gasteiger partial charge is 0.371 e. The second kappa shape index (κ2) is 13.2. The third kappa shape index (κ3) is 6.08. The lowest BCUT2D eigenvalue weighted by atomic mass is 9.85. The van der Waals surface area contributed by atoms with E-state index in [-0.39, 0.29) is 23.9 Å². The first-order valence-electron chi connectivity index (χ1n) is 19.1. The SMILES string of the molecule is CC(C)CC(=O)N1CCC[C@H]1c1ncc(-c2ccc(N3CCC(c4cnc([C@@H]5CCCN5C(=O)CC(C)C)[nH]4)CC3)c3c2C2CCC3N2)[nH]1. The topological polar surface area (TPSA) is 113 Å². The molecule has 4 atom stereocenters. The van der Waals surface area contributed by atoms with E-state index in [9.17, 15) is 9.59 Å². The fraction of sp³-hybridized carbons (Fsp3) is 0.641. The predicted octanol–water partition coefficient (Wildman–Crippen LogP) is 7.08. The average molecular weight is 667 g/mol. The molecule has 3 aromatic rings. The van der Waals surface area contributed by atoms with Crippen LogP contribution in [0.15, 0.2) is 24.5 Å². The first kappa shape index (κ1) is 32.5. The molecule has 7 heterocycles. The molecule has 2 bridgehead atoms. The number of H-pyrrole nitrogens is 2. The van der Waals surface area contributed by atoms with Gasteiger partial charge in [-0.2, -0.15) is 0 Å². The molecule has 3 N–H and O–H groups in total. The van der Waals surface area contributed by atoms with Gasteiger partial charge in [-0.15, -0.1) is 0 Å². The van der Waals surface area contributed by atoms with Crippen LogP contribution in [-0.4, -0.2) is 67.7 Å². The Morgan fingerprint density at radius 3 is 1.96 bits per heavy atom. The maximum Gasteiger partial charge on any atom is 0.223 e. The van der Waals surface area contributed by atoms with Crippen LogP contribution in [0.5, 0.6) is 0 Å². The maximum atomic E-state index is 13.0. The number of benzene rings is 1. The minimum atomic E-state index is 0.0404. The summed E-state index contributed by atoms with van der Waals surface area (Å²) in [5.74, 6) is 3.56. The summed E-state index contributed by atoms with van der Waals surface area (Å²) in [6, 6.07) is 5.56. The van der Waals surface area contributed by atoms with Crippen molar-refractivity contribution in [2.24, 2.45) is 11.8 Å². The molecule has 2 aromatic heterocycles. The first-order valence-corrected chi connectivity index (χ1v) is 19.1. The number of hydrogen-bond donors (Lipinski definition) is 3. The number of piperidine rings is 1. The monoisotopic (exact) mass is 666 g/mol. The summed E-state index contributed by atoms with van der Waals surface area (Å²) >= 11 is 0. The van der Waals surface area contributed by atoms with Crippen molar-refractivity contribution >= 4 is 17.5 Å². The lowest BCUT2D eigenvalue weighted by molar-refractivity contribution is -0.133. The van der Waals surface area contributed by atoms with Gasteiger partial charge in [0.1, 0.15) is 11.6 Å². The van der Waals surface area contributed by atoms with Crippen molar-refractivity contribution in [1.29, 1.82) is 0 Å². The number of nitrogens with zero attached hydrogens (tertiary/aromatic N) is 5. The minimum absolute atomic E-state index is 0.0404. The molecule has 8 rings (SSSR count). The molecule has 0 saturated carbocycles. The first-order chi connectivity index (χ1) is 23.7. The molecule has 2 unspecified atom stereocenters. The van der Waals surface area contributed by atoms with E-state index in [2.05, 4.69) is 64.9 Å². The van der Waals surface area contributed by atoms with Gasteiger partial charge < -0.3 is 30.0 Å². The molecule has 10 heteroatoms. The molecule has 5 aliphatic rings. The second-order valence-corrected chi connectivity index (χ2v) is 16.2. The van der Waals surface area contributed by atoms with Gasteiger partial charge in [-0.05, 0) is 80.4 Å². The Bertz CT molecular complexity index is 1680. The Labute approximate surface area is 290 Å². The van der Waals surface area contributed by atoms with Crippen LogP contribution < -0.4 is 10.2 Å². The van der Waals surface area contributed by atoms with Gasteiger partial charge in [0.25, 0.3) is 0 Å². The van der Waals surface area contributed by atoms with Crippen LogP contribution in [0.3, 0.4) is 0 Å². The lowest BCUT2D eigenvalue weighted by Gasteiger charge is -2.36. The Morgan fingerprint density at radius 2 is 1.33 bits per heavy atom. The number of carbonyl (C=O) groups is 2. The number of nitrogens with one attached hydrogen (secondary N) is 3. The molecule has 262 valence electrons. The van der Waals surface area contributed by atoms with E-state index in [0.29, 0.717) is 42.7 Å². The summed E-state index contributed by atoms with van der Waals surface area (Å²) in [4.78, 5) is 49.7. The number of imidazole rings is 2. The van der Waals surface area contributed by atoms with Crippen LogP contribution in [0.25, 0.3) is 11.3 Å². The second-order valence-electron chi connectivity index (χ2n) is 16.2. The highest BCUT2D eigenvalue weighted by Crippen LogP contribution is 2.52. The van der Waals surface area contributed by atoms with E-state index in [1.54, 1.807) is 0 Å². The van der Waals surface area contributed by atoms with Crippen molar-refractivity contribution in [2.45, 2.75) is 122 Å². The third-order valence-corrected chi connectivity index (χ3v) is 11.8. The summed E-state index contributed by atoms with van der Waals surface area (Å²) < 4.78 is 0. The van der Waals surface area contributed by atoms with Crippen LogP contribution >= 0.6 is 0 Å². The fourth-order valence-corrected chi connectivity index (χ4v) is 9.51. The van der Waals surface area contributed by atoms with E-state index in [1.807, 2.05) is 17.3 Å². The highest BCUT2D eigenvalue weighted by atomic mass is 16.2. The molecule has 0 aliphatic carbocycles. The summed E-state index contributed by atoms with van der Waals surface area (Å²) in [6.45, 7) is 12.1. The number of hydrogen-bond acceptors (Lipinski definition) is 6. The molecule has 5 aliphatic heterocycles. The summed E-state index contributed by atoms with van der Waals surface area (Å²) in [7, 11) is 0. The summed E-state index contributed by atoms with van der Waals surface area (Å²) in [5.41, 5.74) is 7.85. The highest BCUT2D eigenvalue weighted by molar-refractivity contribution is 5.78. The zero-order valence-electron chi connectivity index (χ0n) is 29.8. The number of aromatic amines is 2. The van der Waals surface area contributed by atoms with Crippen molar-refractivity contribution in [3.05, 3.63) is 53.0 Å². The molecule has 0 spiro atoms. The molecule has 10 nitrogen and oxygen atoms in total. The number of fused-ring (bicyclic) bond motifs is 5. The highest BCUT2D eigenvalue weighted by Gasteiger charge is 2.42. The molecule has 1 aromatic carbocycles. The Morgan fingerprint density at radius 1 is 0.735 bits per heavy atom. The fourth-order valence-electron chi connectivity index (χ4n) is 9.51. The molecular weight excluding hydrogens is 612 g/mol. The van der Waals surface area contributed by atoms with Gasteiger partial charge in [0, 0.05) is 80.2 Å². The smallest absolute Gasteiger partial charge is 0.223 e. The Hall–Kier alpha value is -3.66. The number of rotatable bonds is 9. The molecule has 2 amide bonds. The zero-order valence-corrected chi connectivity index (χ0v) is 29.8. The average Bonchev–Trinajstić information content (AvgIpc) is 3.93. The molecule has 4 saturated heterocycles. The zero-order chi connectivity index (χ0) is 33.8. The van der Waals surface area contributed by atoms with Crippen molar-refractivity contribution in [2.75, 3.05) is 31.1 Å². The van der Waals surface area contributed by atoms with Gasteiger partial charge in [0.05, 0.1) is 24.0 Å². The van der Waals surface area contributed by atoms with Crippen LogP contribution in [0, 0.1) is 11.8 Å². The Balaban J connectivity index is 0.974. The lowest BCUT2D eigenvalue weighted by Crippen LogP contribution is -2.34. The van der Waals surface area contributed by atoms with Gasteiger partial charge in [0.2, 0.25) is 11.8 Å². The van der Waals surface area contributed by atoms with Crippen LogP contribution in [-0.2, 0) is 9.59 Å². The molecule has 49 heavy (non-hydrogen) atoms. The number of aromatic nitrogens is 4. The standard InChI is InChI=1S/C39H54N8O2/c1-23(2)19-34(48)46-15-5-7-32(46)38-40-21-29(43-38)25-13-17-45(18-14-25)31-12-9-26(36-27-10-11-28(42-27)37(31)36)30-22-41-39(44-30)33-8-6-16-47(33)35(49)20-24(3)4/h9,12,21-25,27-28,32-33,42H,5-8,10-11,13-20H2,1-4H3,(H,40,43)(H,41,44)/t27?,28?,32-,33-/m0/s1. The van der Waals surface area contributed by atoms with E-state index in [4.69, 9.17) is 9.97 Å². The molecular formula is C39H54N8O2. The van der Waals surface area contributed by atoms with E-state index < -0.39 is 0 Å². The van der Waals surface area contributed by atoms with E-state index in [1.165, 1.54) is 40.9 Å².